The van der Waals surface area contributed by atoms with Gasteiger partial charge in [-0.05, 0) is 38.1 Å². The number of hydrogen-bond acceptors (Lipinski definition) is 7. The Morgan fingerprint density at radius 2 is 1.66 bits per heavy atom. The molecule has 2 aromatic carbocycles. The second-order valence-corrected chi connectivity index (χ2v) is 9.59. The van der Waals surface area contributed by atoms with Gasteiger partial charge in [-0.15, -0.1) is 11.8 Å². The Kier molecular flexibility index (Phi) is 6.68. The van der Waals surface area contributed by atoms with Crippen molar-refractivity contribution in [2.75, 3.05) is 32.8 Å². The number of fused-ring (bicyclic) bond motifs is 1. The zero-order valence-corrected chi connectivity index (χ0v) is 20.5. The summed E-state index contributed by atoms with van der Waals surface area (Å²) in [4.78, 5) is 30.9. The highest BCUT2D eigenvalue weighted by Gasteiger charge is 2.33. The molecule has 5 rings (SSSR count). The molecule has 0 radical (unpaired) electrons. The van der Waals surface area contributed by atoms with E-state index in [0.29, 0.717) is 49.0 Å². The van der Waals surface area contributed by atoms with Crippen molar-refractivity contribution >= 4 is 23.6 Å². The molecule has 0 saturated carbocycles. The number of carbonyl (C=O) groups is 2. The summed E-state index contributed by atoms with van der Waals surface area (Å²) in [5, 5.41) is 4.01. The fourth-order valence-electron chi connectivity index (χ4n) is 4.27. The van der Waals surface area contributed by atoms with Crippen molar-refractivity contribution in [2.45, 2.75) is 30.6 Å². The molecule has 0 unspecified atom stereocenters. The van der Waals surface area contributed by atoms with Crippen molar-refractivity contribution in [3.05, 3.63) is 71.1 Å². The van der Waals surface area contributed by atoms with E-state index < -0.39 is 6.10 Å². The van der Waals surface area contributed by atoms with Crippen molar-refractivity contribution in [3.8, 4) is 11.5 Å². The first-order chi connectivity index (χ1) is 17.0. The smallest absolute Gasteiger partial charge is 0.267 e. The minimum atomic E-state index is -0.673. The lowest BCUT2D eigenvalue weighted by Crippen LogP contribution is -2.55. The van der Waals surface area contributed by atoms with Crippen LogP contribution < -0.4 is 9.47 Å². The molecule has 1 saturated heterocycles. The molecule has 1 aromatic heterocycles. The maximum absolute atomic E-state index is 13.4. The lowest BCUT2D eigenvalue weighted by atomic mass is 10.1. The van der Waals surface area contributed by atoms with Crippen LogP contribution in [-0.4, -0.2) is 65.7 Å². The highest BCUT2D eigenvalue weighted by atomic mass is 32.2. The molecule has 1 atom stereocenters. The van der Waals surface area contributed by atoms with Crippen LogP contribution in [0.5, 0.6) is 11.5 Å². The van der Waals surface area contributed by atoms with Crippen LogP contribution in [0.2, 0.25) is 0 Å². The zero-order chi connectivity index (χ0) is 24.4. The molecular weight excluding hydrogens is 466 g/mol. The molecule has 9 heteroatoms. The number of rotatable bonds is 5. The van der Waals surface area contributed by atoms with E-state index in [1.165, 1.54) is 0 Å². The predicted octanol–water partition coefficient (Wildman–Crippen LogP) is 3.71. The molecule has 2 aliphatic heterocycles. The van der Waals surface area contributed by atoms with E-state index in [1.807, 2.05) is 61.2 Å². The largest absolute Gasteiger partial charge is 0.485 e. The van der Waals surface area contributed by atoms with E-state index in [4.69, 9.17) is 14.0 Å². The van der Waals surface area contributed by atoms with Gasteiger partial charge in [0.15, 0.2) is 11.5 Å². The molecule has 0 bridgehead atoms. The number of piperazine rings is 1. The summed E-state index contributed by atoms with van der Waals surface area (Å²) in [6.07, 6.45) is -0.673. The molecule has 35 heavy (non-hydrogen) atoms. The summed E-state index contributed by atoms with van der Waals surface area (Å²) < 4.78 is 16.8. The van der Waals surface area contributed by atoms with E-state index >= 15 is 0 Å². The Morgan fingerprint density at radius 3 is 2.40 bits per heavy atom. The number of nitrogens with zero attached hydrogens (tertiary/aromatic N) is 3. The first-order valence-corrected chi connectivity index (χ1v) is 12.6. The molecule has 2 aliphatic rings. The number of carbonyl (C=O) groups excluding carboxylic acids is 2. The number of amides is 2. The van der Waals surface area contributed by atoms with Gasteiger partial charge < -0.3 is 23.8 Å². The quantitative estimate of drug-likeness (QED) is 0.501. The van der Waals surface area contributed by atoms with Crippen molar-refractivity contribution in [1.29, 1.82) is 0 Å². The van der Waals surface area contributed by atoms with Gasteiger partial charge in [0.2, 0.25) is 6.10 Å². The Morgan fingerprint density at radius 1 is 0.971 bits per heavy atom. The molecule has 3 heterocycles. The summed E-state index contributed by atoms with van der Waals surface area (Å²) in [5.41, 5.74) is 2.60. The van der Waals surface area contributed by atoms with Crippen LogP contribution >= 0.6 is 11.8 Å². The lowest BCUT2D eigenvalue weighted by Gasteiger charge is -2.37. The van der Waals surface area contributed by atoms with Crippen LogP contribution in [0.25, 0.3) is 0 Å². The average molecular weight is 494 g/mol. The first kappa shape index (κ1) is 23.3. The summed E-state index contributed by atoms with van der Waals surface area (Å²) in [6, 6.07) is 15.0. The molecule has 0 spiro atoms. The van der Waals surface area contributed by atoms with E-state index in [0.717, 1.165) is 21.9 Å². The highest BCUT2D eigenvalue weighted by Crippen LogP contribution is 2.32. The third-order valence-electron chi connectivity index (χ3n) is 6.33. The van der Waals surface area contributed by atoms with Crippen molar-refractivity contribution in [1.82, 2.24) is 15.0 Å². The van der Waals surface area contributed by atoms with Crippen LogP contribution in [0, 0.1) is 13.8 Å². The topological polar surface area (TPSA) is 85.1 Å². The highest BCUT2D eigenvalue weighted by molar-refractivity contribution is 7.98. The SMILES string of the molecule is Cc1noc(C)c1CSc1ccccc1C(=O)N1CCN(C(=O)[C@H]2COc3ccccc3O2)CC1. The van der Waals surface area contributed by atoms with Gasteiger partial charge in [0.1, 0.15) is 12.4 Å². The molecule has 0 N–H and O–H groups in total. The summed E-state index contributed by atoms with van der Waals surface area (Å²) in [6.45, 7) is 5.87. The molecule has 8 nitrogen and oxygen atoms in total. The van der Waals surface area contributed by atoms with Crippen LogP contribution in [0.15, 0.2) is 57.9 Å². The van der Waals surface area contributed by atoms with Gasteiger partial charge in [-0.3, -0.25) is 9.59 Å². The monoisotopic (exact) mass is 493 g/mol. The van der Waals surface area contributed by atoms with Gasteiger partial charge in [0, 0.05) is 42.4 Å². The van der Waals surface area contributed by atoms with E-state index in [2.05, 4.69) is 5.16 Å². The van der Waals surface area contributed by atoms with Crippen molar-refractivity contribution < 1.29 is 23.6 Å². The predicted molar refractivity (Wildman–Crippen MR) is 131 cm³/mol. The van der Waals surface area contributed by atoms with Gasteiger partial charge in [-0.25, -0.2) is 0 Å². The number of aromatic nitrogens is 1. The third-order valence-corrected chi connectivity index (χ3v) is 7.43. The third kappa shape index (κ3) is 4.86. The van der Waals surface area contributed by atoms with Crippen LogP contribution in [0.4, 0.5) is 0 Å². The maximum atomic E-state index is 13.4. The standard InChI is InChI=1S/C26H27N3O5S/c1-17-20(18(2)34-27-17)16-35-24-10-6-3-7-19(24)25(30)28-11-13-29(14-12-28)26(31)23-15-32-21-8-4-5-9-22(21)33-23/h3-10,23H,11-16H2,1-2H3/t23-/m1/s1. The van der Waals surface area contributed by atoms with Gasteiger partial charge in [0.05, 0.1) is 11.3 Å². The summed E-state index contributed by atoms with van der Waals surface area (Å²) in [5.74, 6) is 2.58. The number of ether oxygens (including phenoxy) is 2. The molecule has 3 aromatic rings. The normalized spacial score (nSPS) is 17.4. The van der Waals surface area contributed by atoms with Gasteiger partial charge in [-0.2, -0.15) is 0 Å². The lowest BCUT2D eigenvalue weighted by molar-refractivity contribution is -0.142. The fraction of sp³-hybridized carbons (Fsp3) is 0.346. The first-order valence-electron chi connectivity index (χ1n) is 11.6. The van der Waals surface area contributed by atoms with E-state index in [9.17, 15) is 9.59 Å². The minimum absolute atomic E-state index is 0.0230. The second-order valence-electron chi connectivity index (χ2n) is 8.57. The zero-order valence-electron chi connectivity index (χ0n) is 19.7. The number of aryl methyl sites for hydroxylation is 2. The maximum Gasteiger partial charge on any atom is 0.267 e. The van der Waals surface area contributed by atoms with Crippen LogP contribution in [-0.2, 0) is 10.5 Å². The number of benzene rings is 2. The number of thioether (sulfide) groups is 1. The Hall–Kier alpha value is -3.46. The fourth-order valence-corrected chi connectivity index (χ4v) is 5.47. The average Bonchev–Trinajstić information content (AvgIpc) is 3.23. The van der Waals surface area contributed by atoms with Crippen LogP contribution in [0.1, 0.15) is 27.4 Å². The molecule has 0 aliphatic carbocycles. The Balaban J connectivity index is 1.19. The van der Waals surface area contributed by atoms with E-state index in [-0.39, 0.29) is 18.4 Å². The van der Waals surface area contributed by atoms with E-state index in [1.54, 1.807) is 22.7 Å². The van der Waals surface area contributed by atoms with Gasteiger partial charge >= 0.3 is 0 Å². The molecule has 1 fully saturated rings. The second kappa shape index (κ2) is 10.0. The summed E-state index contributed by atoms with van der Waals surface area (Å²) >= 11 is 1.60. The van der Waals surface area contributed by atoms with Gasteiger partial charge in [-0.1, -0.05) is 29.4 Å². The van der Waals surface area contributed by atoms with Gasteiger partial charge in [0.25, 0.3) is 11.8 Å². The molecular formula is C26H27N3O5S. The Labute approximate surface area is 208 Å². The minimum Gasteiger partial charge on any atom is -0.485 e. The molecule has 182 valence electrons. The van der Waals surface area contributed by atoms with Crippen molar-refractivity contribution in [2.24, 2.45) is 0 Å². The Bertz CT molecular complexity index is 1220. The summed E-state index contributed by atoms with van der Waals surface area (Å²) in [7, 11) is 0. The number of hydrogen-bond donors (Lipinski definition) is 0. The molecule has 2 amide bonds. The number of para-hydroxylation sites is 2. The van der Waals surface area contributed by atoms with Crippen LogP contribution in [0.3, 0.4) is 0 Å². The van der Waals surface area contributed by atoms with Crippen molar-refractivity contribution in [3.63, 3.8) is 0 Å².